The second-order valence-corrected chi connectivity index (χ2v) is 9.24. The van der Waals surface area contributed by atoms with Crippen LogP contribution < -0.4 is 4.90 Å². The number of para-hydroxylation sites is 1. The molecular weight excluding hydrogens is 434 g/mol. The fraction of sp³-hybridized carbons (Fsp3) is 0.346. The summed E-state index contributed by atoms with van der Waals surface area (Å²) < 4.78 is 0. The maximum Gasteiger partial charge on any atom is 0.270 e. The standard InChI is InChI=1S/C26H25N3O5/c1-4-15(3)27-25(31)21-20-12-14(2)18-10-5-6-11-19(18)28(20)23(22(21)26(27)32)24(30)16-8-7-9-17(13-16)29(33)34/h5-13,15,20-23H,4H2,1-3H3/t15-,20-,21-,22-,23+/m0/s1. The first-order valence-electron chi connectivity index (χ1n) is 11.5. The molecule has 0 unspecified atom stereocenters. The van der Waals surface area contributed by atoms with Gasteiger partial charge in [0.15, 0.2) is 5.78 Å². The molecule has 0 N–H and O–H groups in total. The van der Waals surface area contributed by atoms with Crippen molar-refractivity contribution in [1.29, 1.82) is 0 Å². The van der Waals surface area contributed by atoms with Crippen molar-refractivity contribution in [2.45, 2.75) is 45.3 Å². The first-order chi connectivity index (χ1) is 16.3. The van der Waals surface area contributed by atoms with E-state index >= 15 is 0 Å². The van der Waals surface area contributed by atoms with Crippen LogP contribution in [0.2, 0.25) is 0 Å². The van der Waals surface area contributed by atoms with Gasteiger partial charge in [-0.3, -0.25) is 29.4 Å². The van der Waals surface area contributed by atoms with Crippen molar-refractivity contribution in [3.8, 4) is 0 Å². The van der Waals surface area contributed by atoms with Gasteiger partial charge in [0.1, 0.15) is 6.04 Å². The van der Waals surface area contributed by atoms with Crippen LogP contribution in [-0.2, 0) is 9.59 Å². The zero-order valence-corrected chi connectivity index (χ0v) is 19.2. The molecule has 0 aromatic heterocycles. The van der Waals surface area contributed by atoms with Crippen molar-refractivity contribution in [2.24, 2.45) is 11.8 Å². The monoisotopic (exact) mass is 459 g/mol. The van der Waals surface area contributed by atoms with Gasteiger partial charge >= 0.3 is 0 Å². The van der Waals surface area contributed by atoms with Crippen LogP contribution >= 0.6 is 0 Å². The Kier molecular flexibility index (Phi) is 5.11. The van der Waals surface area contributed by atoms with Gasteiger partial charge in [0.05, 0.1) is 22.8 Å². The number of benzene rings is 2. The molecule has 5 rings (SSSR count). The van der Waals surface area contributed by atoms with Crippen LogP contribution in [0.5, 0.6) is 0 Å². The SMILES string of the molecule is CC[C@H](C)N1C(=O)[C@@H]2[C@H](C1=O)[C@H](C(=O)c1cccc([N+](=O)[O-])c1)N1c3ccccc3C(C)=C[C@@H]21. The number of rotatable bonds is 5. The highest BCUT2D eigenvalue weighted by molar-refractivity contribution is 6.14. The number of carbonyl (C=O) groups is 3. The minimum Gasteiger partial charge on any atom is -0.352 e. The van der Waals surface area contributed by atoms with Gasteiger partial charge in [-0.2, -0.15) is 0 Å². The van der Waals surface area contributed by atoms with Crippen LogP contribution in [0.3, 0.4) is 0 Å². The van der Waals surface area contributed by atoms with Gasteiger partial charge in [-0.25, -0.2) is 0 Å². The summed E-state index contributed by atoms with van der Waals surface area (Å²) in [5.74, 6) is -2.52. The van der Waals surface area contributed by atoms with Gasteiger partial charge in [0.25, 0.3) is 5.69 Å². The lowest BCUT2D eigenvalue weighted by Gasteiger charge is -2.38. The topological polar surface area (TPSA) is 101 Å². The number of carbonyl (C=O) groups excluding carboxylic acids is 3. The number of nitrogens with zero attached hydrogens (tertiary/aromatic N) is 3. The highest BCUT2D eigenvalue weighted by Gasteiger charge is 2.64. The highest BCUT2D eigenvalue weighted by atomic mass is 16.6. The fourth-order valence-electron chi connectivity index (χ4n) is 5.68. The summed E-state index contributed by atoms with van der Waals surface area (Å²) in [7, 11) is 0. The van der Waals surface area contributed by atoms with Crippen LogP contribution in [0.25, 0.3) is 5.57 Å². The Morgan fingerprint density at radius 2 is 1.79 bits per heavy atom. The number of hydrogen-bond acceptors (Lipinski definition) is 6. The summed E-state index contributed by atoms with van der Waals surface area (Å²) in [5, 5.41) is 11.3. The quantitative estimate of drug-likeness (QED) is 0.291. The minimum absolute atomic E-state index is 0.157. The number of anilines is 1. The summed E-state index contributed by atoms with van der Waals surface area (Å²) in [4.78, 5) is 55.2. The number of imide groups is 1. The normalized spacial score (nSPS) is 26.0. The second-order valence-electron chi connectivity index (χ2n) is 9.24. The molecular formula is C26H25N3O5. The zero-order valence-electron chi connectivity index (χ0n) is 19.2. The first kappa shape index (κ1) is 22.0. The molecule has 2 saturated heterocycles. The number of hydrogen-bond donors (Lipinski definition) is 0. The number of likely N-dealkylation sites (tertiary alicyclic amines) is 1. The van der Waals surface area contributed by atoms with Gasteiger partial charge in [-0.05, 0) is 31.9 Å². The minimum atomic E-state index is -0.937. The molecule has 0 saturated carbocycles. The zero-order chi connectivity index (χ0) is 24.3. The molecule has 3 aliphatic heterocycles. The fourth-order valence-corrected chi connectivity index (χ4v) is 5.68. The number of ketones is 1. The molecule has 8 nitrogen and oxygen atoms in total. The highest BCUT2D eigenvalue weighted by Crippen LogP contribution is 2.50. The van der Waals surface area contributed by atoms with E-state index in [0.717, 1.165) is 16.8 Å². The maximum absolute atomic E-state index is 13.9. The van der Waals surface area contributed by atoms with Gasteiger partial charge < -0.3 is 4.90 Å². The summed E-state index contributed by atoms with van der Waals surface area (Å²) >= 11 is 0. The molecule has 3 aliphatic rings. The Balaban J connectivity index is 1.68. The molecule has 8 heteroatoms. The Morgan fingerprint density at radius 3 is 2.50 bits per heavy atom. The third-order valence-corrected chi connectivity index (χ3v) is 7.43. The Hall–Kier alpha value is -3.81. The third-order valence-electron chi connectivity index (χ3n) is 7.43. The number of non-ortho nitro benzene ring substituents is 1. The summed E-state index contributed by atoms with van der Waals surface area (Å²) in [5.41, 5.74) is 2.68. The number of Topliss-reactive ketones (excluding diaryl/α,β-unsaturated/α-hetero) is 1. The van der Waals surface area contributed by atoms with Crippen LogP contribution in [0, 0.1) is 22.0 Å². The summed E-state index contributed by atoms with van der Waals surface area (Å²) in [6, 6.07) is 11.5. The Morgan fingerprint density at radius 1 is 1.09 bits per heavy atom. The lowest BCUT2D eigenvalue weighted by atomic mass is 9.85. The summed E-state index contributed by atoms with van der Waals surface area (Å²) in [6.07, 6.45) is 2.60. The summed E-state index contributed by atoms with van der Waals surface area (Å²) in [6.45, 7) is 5.72. The van der Waals surface area contributed by atoms with Crippen molar-refractivity contribution >= 4 is 34.5 Å². The largest absolute Gasteiger partial charge is 0.352 e. The van der Waals surface area contributed by atoms with E-state index in [1.54, 1.807) is 0 Å². The molecule has 0 bridgehead atoms. The molecule has 0 aliphatic carbocycles. The predicted octanol–water partition coefficient (Wildman–Crippen LogP) is 3.85. The van der Waals surface area contributed by atoms with Gasteiger partial charge in [0.2, 0.25) is 11.8 Å². The van der Waals surface area contributed by atoms with E-state index in [0.29, 0.717) is 6.42 Å². The molecule has 174 valence electrons. The number of amides is 2. The number of fused-ring (bicyclic) bond motifs is 5. The molecule has 5 atom stereocenters. The van der Waals surface area contributed by atoms with Gasteiger partial charge in [-0.1, -0.05) is 43.3 Å². The lowest BCUT2D eigenvalue weighted by molar-refractivity contribution is -0.384. The number of nitro benzene ring substituents is 1. The van der Waals surface area contributed by atoms with E-state index in [1.165, 1.54) is 29.2 Å². The van der Waals surface area contributed by atoms with E-state index in [4.69, 9.17) is 0 Å². The molecule has 3 heterocycles. The van der Waals surface area contributed by atoms with Crippen molar-refractivity contribution in [3.05, 3.63) is 75.8 Å². The van der Waals surface area contributed by atoms with Crippen molar-refractivity contribution in [3.63, 3.8) is 0 Å². The average Bonchev–Trinajstić information content (AvgIpc) is 3.31. The predicted molar refractivity (Wildman–Crippen MR) is 126 cm³/mol. The van der Waals surface area contributed by atoms with E-state index in [-0.39, 0.29) is 29.1 Å². The molecule has 2 fully saturated rings. The Labute approximate surface area is 197 Å². The van der Waals surface area contributed by atoms with Crippen LogP contribution in [-0.4, -0.2) is 45.5 Å². The van der Waals surface area contributed by atoms with Crippen molar-refractivity contribution < 1.29 is 19.3 Å². The van der Waals surface area contributed by atoms with Gasteiger partial charge in [0, 0.05) is 35.0 Å². The first-order valence-corrected chi connectivity index (χ1v) is 11.5. The number of nitro groups is 1. The van der Waals surface area contributed by atoms with Crippen molar-refractivity contribution in [1.82, 2.24) is 4.90 Å². The van der Waals surface area contributed by atoms with Crippen LogP contribution in [0.1, 0.15) is 43.1 Å². The van der Waals surface area contributed by atoms with E-state index < -0.39 is 34.6 Å². The smallest absolute Gasteiger partial charge is 0.270 e. The molecule has 34 heavy (non-hydrogen) atoms. The second kappa shape index (κ2) is 7.90. The average molecular weight is 460 g/mol. The molecule has 2 aromatic carbocycles. The molecule has 0 spiro atoms. The van der Waals surface area contributed by atoms with E-state index in [9.17, 15) is 24.5 Å². The van der Waals surface area contributed by atoms with Crippen LogP contribution in [0.15, 0.2) is 54.6 Å². The third kappa shape index (κ3) is 3.01. The lowest BCUT2D eigenvalue weighted by Crippen LogP contribution is -2.50. The molecule has 2 amide bonds. The molecule has 0 radical (unpaired) electrons. The molecule has 2 aromatic rings. The maximum atomic E-state index is 13.9. The van der Waals surface area contributed by atoms with Crippen molar-refractivity contribution in [2.75, 3.05) is 4.90 Å². The number of allylic oxidation sites excluding steroid dienone is 1. The van der Waals surface area contributed by atoms with E-state index in [2.05, 4.69) is 0 Å². The van der Waals surface area contributed by atoms with E-state index in [1.807, 2.05) is 56.0 Å². The Bertz CT molecular complexity index is 1270. The van der Waals surface area contributed by atoms with Gasteiger partial charge in [-0.15, -0.1) is 0 Å². The van der Waals surface area contributed by atoms with Crippen LogP contribution in [0.4, 0.5) is 11.4 Å².